The number of hydrogen-bond donors (Lipinski definition) is 0. The van der Waals surface area contributed by atoms with Gasteiger partial charge in [-0.25, -0.2) is 0 Å². The van der Waals surface area contributed by atoms with Gasteiger partial charge in [0, 0.05) is 13.7 Å². The molecule has 0 radical (unpaired) electrons. The minimum Gasteiger partial charge on any atom is -0.373 e. The Morgan fingerprint density at radius 1 is 1.38 bits per heavy atom. The van der Waals surface area contributed by atoms with Crippen molar-refractivity contribution in [3.8, 4) is 0 Å². The van der Waals surface area contributed by atoms with Crippen LogP contribution in [0.25, 0.3) is 0 Å². The summed E-state index contributed by atoms with van der Waals surface area (Å²) in [6, 6.07) is 0. The van der Waals surface area contributed by atoms with Crippen molar-refractivity contribution in [1.82, 2.24) is 14.8 Å². The lowest BCUT2D eigenvalue weighted by molar-refractivity contribution is 0.114. The summed E-state index contributed by atoms with van der Waals surface area (Å²) in [6.07, 6.45) is 1.03. The lowest BCUT2D eigenvalue weighted by atomic mass is 10.5. The number of rotatable bonds is 5. The van der Waals surface area contributed by atoms with E-state index < -0.39 is 0 Å². The molecule has 13 heavy (non-hydrogen) atoms. The Bertz CT molecular complexity index is 262. The molecule has 74 valence electrons. The first-order valence-corrected chi connectivity index (χ1v) is 5.42. The van der Waals surface area contributed by atoms with Crippen LogP contribution in [0.1, 0.15) is 25.0 Å². The van der Waals surface area contributed by atoms with Crippen LogP contribution in [-0.4, -0.2) is 21.4 Å². The van der Waals surface area contributed by atoms with E-state index in [-0.39, 0.29) is 0 Å². The third-order valence-corrected chi connectivity index (χ3v) is 2.26. The molecule has 1 rings (SSSR count). The molecule has 0 saturated carbocycles. The van der Waals surface area contributed by atoms with Crippen molar-refractivity contribution < 1.29 is 4.74 Å². The molecule has 4 nitrogen and oxygen atoms in total. The van der Waals surface area contributed by atoms with Crippen LogP contribution in [0.3, 0.4) is 0 Å². The highest BCUT2D eigenvalue weighted by Crippen LogP contribution is 2.04. The highest BCUT2D eigenvalue weighted by molar-refractivity contribution is 9.08. The van der Waals surface area contributed by atoms with Crippen LogP contribution in [0, 0.1) is 0 Å². The van der Waals surface area contributed by atoms with Crippen molar-refractivity contribution in [2.75, 3.05) is 6.61 Å². The van der Waals surface area contributed by atoms with E-state index >= 15 is 0 Å². The Hall–Kier alpha value is -0.420. The topological polar surface area (TPSA) is 39.9 Å². The summed E-state index contributed by atoms with van der Waals surface area (Å²) >= 11 is 3.34. The molecule has 0 amide bonds. The molecule has 0 unspecified atom stereocenters. The molecule has 0 aliphatic carbocycles. The smallest absolute Gasteiger partial charge is 0.158 e. The van der Waals surface area contributed by atoms with Gasteiger partial charge in [0.2, 0.25) is 0 Å². The average molecular weight is 248 g/mol. The van der Waals surface area contributed by atoms with E-state index in [4.69, 9.17) is 4.74 Å². The molecule has 1 heterocycles. The predicted octanol–water partition coefficient (Wildman–Crippen LogP) is 1.64. The molecule has 0 fully saturated rings. The first-order valence-electron chi connectivity index (χ1n) is 4.30. The Labute approximate surface area is 86.4 Å². The van der Waals surface area contributed by atoms with Crippen molar-refractivity contribution in [2.45, 2.75) is 25.3 Å². The summed E-state index contributed by atoms with van der Waals surface area (Å²) in [6.45, 7) is 3.40. The van der Waals surface area contributed by atoms with Gasteiger partial charge in [0.25, 0.3) is 0 Å². The lowest BCUT2D eigenvalue weighted by Crippen LogP contribution is -2.03. The molecule has 0 atom stereocenters. The van der Waals surface area contributed by atoms with E-state index in [1.54, 1.807) is 0 Å². The molecule has 0 aliphatic rings. The summed E-state index contributed by atoms with van der Waals surface area (Å²) in [5.74, 6) is 1.80. The molecular formula is C8H14BrN3O. The second-order valence-electron chi connectivity index (χ2n) is 2.78. The van der Waals surface area contributed by atoms with Crippen LogP contribution < -0.4 is 0 Å². The molecular weight excluding hydrogens is 234 g/mol. The third kappa shape index (κ3) is 2.77. The fraction of sp³-hybridized carbons (Fsp3) is 0.750. The van der Waals surface area contributed by atoms with Gasteiger partial charge in [0.05, 0.1) is 5.33 Å². The van der Waals surface area contributed by atoms with Gasteiger partial charge in [-0.3, -0.25) is 0 Å². The zero-order chi connectivity index (χ0) is 9.68. The number of hydrogen-bond acceptors (Lipinski definition) is 3. The van der Waals surface area contributed by atoms with E-state index in [1.807, 2.05) is 11.6 Å². The zero-order valence-electron chi connectivity index (χ0n) is 7.96. The maximum atomic E-state index is 5.37. The first kappa shape index (κ1) is 10.7. The van der Waals surface area contributed by atoms with Gasteiger partial charge in [-0.05, 0) is 6.42 Å². The van der Waals surface area contributed by atoms with Gasteiger partial charge in [-0.1, -0.05) is 22.9 Å². The molecule has 0 spiro atoms. The fourth-order valence-electron chi connectivity index (χ4n) is 0.948. The Kier molecular flexibility index (Phi) is 4.38. The molecule has 5 heteroatoms. The largest absolute Gasteiger partial charge is 0.373 e. The summed E-state index contributed by atoms with van der Waals surface area (Å²) in [5, 5.41) is 8.74. The van der Waals surface area contributed by atoms with Crippen LogP contribution in [-0.2, 0) is 23.7 Å². The highest BCUT2D eigenvalue weighted by atomic mass is 79.9. The van der Waals surface area contributed by atoms with Gasteiger partial charge in [0.1, 0.15) is 12.4 Å². The summed E-state index contributed by atoms with van der Waals surface area (Å²) < 4.78 is 7.32. The van der Waals surface area contributed by atoms with Gasteiger partial charge in [0.15, 0.2) is 5.82 Å². The number of nitrogens with zero attached hydrogens (tertiary/aromatic N) is 3. The molecule has 0 saturated heterocycles. The van der Waals surface area contributed by atoms with Crippen molar-refractivity contribution in [3.63, 3.8) is 0 Å². The third-order valence-electron chi connectivity index (χ3n) is 1.75. The van der Waals surface area contributed by atoms with Gasteiger partial charge in [-0.15, -0.1) is 10.2 Å². The highest BCUT2D eigenvalue weighted by Gasteiger charge is 2.06. The van der Waals surface area contributed by atoms with Crippen LogP contribution in [0.15, 0.2) is 0 Å². The number of alkyl halides is 1. The van der Waals surface area contributed by atoms with Crippen molar-refractivity contribution in [3.05, 3.63) is 11.6 Å². The van der Waals surface area contributed by atoms with Crippen LogP contribution in [0.5, 0.6) is 0 Å². The summed E-state index contributed by atoms with van der Waals surface area (Å²) in [7, 11) is 1.95. The Morgan fingerprint density at radius 3 is 2.62 bits per heavy atom. The predicted molar refractivity (Wildman–Crippen MR) is 53.6 cm³/mol. The molecule has 0 bridgehead atoms. The van der Waals surface area contributed by atoms with Crippen LogP contribution >= 0.6 is 15.9 Å². The lowest BCUT2D eigenvalue weighted by Gasteiger charge is -2.02. The Balaban J connectivity index is 2.51. The SMILES string of the molecule is CCCOCc1nnc(CBr)n1C. The van der Waals surface area contributed by atoms with E-state index in [2.05, 4.69) is 33.1 Å². The number of halogens is 1. The second-order valence-corrected chi connectivity index (χ2v) is 3.34. The molecule has 0 N–H and O–H groups in total. The number of aromatic nitrogens is 3. The van der Waals surface area contributed by atoms with Crippen molar-refractivity contribution in [2.24, 2.45) is 7.05 Å². The first-order chi connectivity index (χ1) is 6.29. The molecule has 0 aliphatic heterocycles. The van der Waals surface area contributed by atoms with Crippen molar-refractivity contribution in [1.29, 1.82) is 0 Å². The average Bonchev–Trinajstić information content (AvgIpc) is 2.48. The maximum absolute atomic E-state index is 5.37. The van der Waals surface area contributed by atoms with Gasteiger partial charge in [-0.2, -0.15) is 0 Å². The monoisotopic (exact) mass is 247 g/mol. The van der Waals surface area contributed by atoms with Crippen LogP contribution in [0.2, 0.25) is 0 Å². The zero-order valence-corrected chi connectivity index (χ0v) is 9.54. The summed E-state index contributed by atoms with van der Waals surface area (Å²) in [5.41, 5.74) is 0. The fourth-order valence-corrected chi connectivity index (χ4v) is 1.44. The van der Waals surface area contributed by atoms with Gasteiger partial charge < -0.3 is 9.30 Å². The molecule has 1 aromatic heterocycles. The minimum atomic E-state index is 0.546. The van der Waals surface area contributed by atoms with E-state index in [9.17, 15) is 0 Å². The van der Waals surface area contributed by atoms with E-state index in [0.717, 1.165) is 30.0 Å². The molecule has 1 aromatic rings. The summed E-state index contributed by atoms with van der Waals surface area (Å²) in [4.78, 5) is 0. The van der Waals surface area contributed by atoms with E-state index in [1.165, 1.54) is 0 Å². The maximum Gasteiger partial charge on any atom is 0.158 e. The van der Waals surface area contributed by atoms with Crippen molar-refractivity contribution >= 4 is 15.9 Å². The minimum absolute atomic E-state index is 0.546. The normalized spacial score (nSPS) is 10.7. The molecule has 0 aromatic carbocycles. The number of ether oxygens (including phenoxy) is 1. The standard InChI is InChI=1S/C8H14BrN3O/c1-3-4-13-6-8-11-10-7(5-9)12(8)2/h3-6H2,1-2H3. The van der Waals surface area contributed by atoms with E-state index in [0.29, 0.717) is 6.61 Å². The van der Waals surface area contributed by atoms with Gasteiger partial charge >= 0.3 is 0 Å². The quantitative estimate of drug-likeness (QED) is 0.587. The second kappa shape index (κ2) is 5.34. The van der Waals surface area contributed by atoms with Crippen LogP contribution in [0.4, 0.5) is 0 Å². The Morgan fingerprint density at radius 2 is 2.08 bits per heavy atom.